The SMILES string of the molecule is COC1OC(CO)C(OCc2ccccc2)C(OCc2ccccc2)C1OCCCC(=O)C(=CC(=O)C(OC(C)=O)C(OC)C(=O)N1C(=O)OCC1C(C)C)c1cccc(C)c1. The fourth-order valence-electron chi connectivity index (χ4n) is 7.38. The summed E-state index contributed by atoms with van der Waals surface area (Å²) in [4.78, 5) is 68.0. The van der Waals surface area contributed by atoms with Crippen molar-refractivity contribution in [2.75, 3.05) is 34.0 Å². The Labute approximate surface area is 362 Å². The fourth-order valence-corrected chi connectivity index (χ4v) is 7.38. The first-order valence-electron chi connectivity index (χ1n) is 20.6. The lowest BCUT2D eigenvalue weighted by molar-refractivity contribution is -0.319. The van der Waals surface area contributed by atoms with Gasteiger partial charge in [-0.15, -0.1) is 0 Å². The Bertz CT molecular complexity index is 1990. The van der Waals surface area contributed by atoms with Gasteiger partial charge in [0.05, 0.1) is 25.9 Å². The highest BCUT2D eigenvalue weighted by Gasteiger charge is 2.49. The van der Waals surface area contributed by atoms with Crippen LogP contribution in [0.2, 0.25) is 0 Å². The van der Waals surface area contributed by atoms with Gasteiger partial charge in [-0.1, -0.05) is 104 Å². The highest BCUT2D eigenvalue weighted by Crippen LogP contribution is 2.31. The van der Waals surface area contributed by atoms with E-state index in [1.54, 1.807) is 32.0 Å². The smallest absolute Gasteiger partial charge is 0.417 e. The predicted octanol–water partition coefficient (Wildman–Crippen LogP) is 5.17. The lowest BCUT2D eigenvalue weighted by Crippen LogP contribution is -2.61. The van der Waals surface area contributed by atoms with E-state index in [0.29, 0.717) is 5.56 Å². The Morgan fingerprint density at radius 1 is 0.855 bits per heavy atom. The number of amides is 2. The molecule has 0 saturated carbocycles. The normalized spacial score (nSPS) is 22.5. The van der Waals surface area contributed by atoms with Crippen LogP contribution in [0.3, 0.4) is 0 Å². The van der Waals surface area contributed by atoms with Crippen LogP contribution < -0.4 is 0 Å². The van der Waals surface area contributed by atoms with Crippen molar-refractivity contribution in [2.45, 2.75) is 103 Å². The number of carbonyl (C=O) groups is 5. The maximum absolute atomic E-state index is 14.2. The highest BCUT2D eigenvalue weighted by molar-refractivity contribution is 6.25. The van der Waals surface area contributed by atoms with Gasteiger partial charge in [0.1, 0.15) is 31.0 Å². The third-order valence-corrected chi connectivity index (χ3v) is 10.6. The molecule has 2 fully saturated rings. The number of cyclic esters (lactones) is 1. The van der Waals surface area contributed by atoms with Crippen molar-refractivity contribution in [3.63, 3.8) is 0 Å². The molecule has 3 aromatic carbocycles. The molecule has 15 heteroatoms. The highest BCUT2D eigenvalue weighted by atomic mass is 16.7. The molecule has 3 aromatic rings. The molecule has 2 aliphatic rings. The van der Waals surface area contributed by atoms with Gasteiger partial charge in [0.25, 0.3) is 5.91 Å². The van der Waals surface area contributed by atoms with Crippen LogP contribution in [0, 0.1) is 12.8 Å². The molecule has 8 unspecified atom stereocenters. The first-order chi connectivity index (χ1) is 29.9. The Morgan fingerprint density at radius 2 is 1.50 bits per heavy atom. The summed E-state index contributed by atoms with van der Waals surface area (Å²) in [5, 5.41) is 10.4. The third-order valence-electron chi connectivity index (χ3n) is 10.6. The minimum absolute atomic E-state index is 0.00112. The summed E-state index contributed by atoms with van der Waals surface area (Å²) < 4.78 is 47.1. The van der Waals surface area contributed by atoms with E-state index in [1.807, 2.05) is 73.7 Å². The number of imide groups is 1. The van der Waals surface area contributed by atoms with Gasteiger partial charge in [0.15, 0.2) is 30.1 Å². The Hall–Kier alpha value is -5.13. The topological polar surface area (TPSA) is 183 Å². The lowest BCUT2D eigenvalue weighted by atomic mass is 9.94. The quantitative estimate of drug-likeness (QED) is 0.0794. The van der Waals surface area contributed by atoms with Crippen molar-refractivity contribution in [3.05, 3.63) is 113 Å². The number of aliphatic hydroxyl groups excluding tert-OH is 1. The molecule has 334 valence electrons. The van der Waals surface area contributed by atoms with Gasteiger partial charge in [-0.05, 0) is 42.0 Å². The van der Waals surface area contributed by atoms with Crippen LogP contribution in [0.5, 0.6) is 0 Å². The number of allylic oxidation sites excluding steroid dienone is 1. The molecule has 2 saturated heterocycles. The van der Waals surface area contributed by atoms with Crippen LogP contribution in [0.15, 0.2) is 91.0 Å². The summed E-state index contributed by atoms with van der Waals surface area (Å²) >= 11 is 0. The molecule has 2 heterocycles. The molecule has 2 amide bonds. The van der Waals surface area contributed by atoms with Gasteiger partial charge >= 0.3 is 12.1 Å². The van der Waals surface area contributed by atoms with E-state index >= 15 is 0 Å². The number of methoxy groups -OCH3 is 2. The second-order valence-corrected chi connectivity index (χ2v) is 15.5. The number of nitrogens with zero attached hydrogens (tertiary/aromatic N) is 1. The molecule has 5 rings (SSSR count). The van der Waals surface area contributed by atoms with Gasteiger partial charge in [0, 0.05) is 39.7 Å². The molecule has 0 aliphatic carbocycles. The number of Topliss-reactive ketones (excluding diaryl/α,β-unsaturated/α-hetero) is 1. The van der Waals surface area contributed by atoms with Crippen LogP contribution in [0.1, 0.15) is 55.9 Å². The van der Waals surface area contributed by atoms with Gasteiger partial charge in [0.2, 0.25) is 0 Å². The minimum Gasteiger partial charge on any atom is -0.451 e. The number of rotatable bonds is 22. The fraction of sp³-hybridized carbons (Fsp3) is 0.468. The molecule has 62 heavy (non-hydrogen) atoms. The van der Waals surface area contributed by atoms with Crippen LogP contribution in [-0.2, 0) is 70.3 Å². The van der Waals surface area contributed by atoms with E-state index < -0.39 is 78.5 Å². The average molecular weight is 860 g/mol. The van der Waals surface area contributed by atoms with Gasteiger partial charge in [-0.3, -0.25) is 19.2 Å². The number of aryl methyl sites for hydroxylation is 1. The number of esters is 1. The van der Waals surface area contributed by atoms with Crippen molar-refractivity contribution in [2.24, 2.45) is 5.92 Å². The summed E-state index contributed by atoms with van der Waals surface area (Å²) in [6.45, 7) is 6.52. The Kier molecular flexibility index (Phi) is 18.0. The molecular formula is C47H57NO14. The number of aliphatic hydroxyl groups is 1. The van der Waals surface area contributed by atoms with Gasteiger partial charge in [-0.25, -0.2) is 9.69 Å². The van der Waals surface area contributed by atoms with Crippen molar-refractivity contribution in [1.82, 2.24) is 4.90 Å². The van der Waals surface area contributed by atoms with Crippen LogP contribution >= 0.6 is 0 Å². The molecule has 2 aliphatic heterocycles. The zero-order valence-electron chi connectivity index (χ0n) is 36.0. The van der Waals surface area contributed by atoms with E-state index in [2.05, 4.69) is 0 Å². The molecule has 0 radical (unpaired) electrons. The van der Waals surface area contributed by atoms with Crippen LogP contribution in [0.25, 0.3) is 5.57 Å². The first kappa shape index (κ1) is 47.9. The average Bonchev–Trinajstić information content (AvgIpc) is 3.67. The summed E-state index contributed by atoms with van der Waals surface area (Å²) in [7, 11) is 2.61. The van der Waals surface area contributed by atoms with E-state index in [4.69, 9.17) is 37.9 Å². The number of hydrogen-bond acceptors (Lipinski definition) is 14. The zero-order chi connectivity index (χ0) is 44.8. The summed E-state index contributed by atoms with van der Waals surface area (Å²) in [6.07, 6.45) is -7.54. The number of hydrogen-bond donors (Lipinski definition) is 1. The molecule has 8 atom stereocenters. The van der Waals surface area contributed by atoms with Crippen molar-refractivity contribution < 1.29 is 67.0 Å². The number of ether oxygens (including phenoxy) is 8. The summed E-state index contributed by atoms with van der Waals surface area (Å²) in [5.74, 6) is -3.35. The maximum Gasteiger partial charge on any atom is 0.417 e. The van der Waals surface area contributed by atoms with Gasteiger partial charge < -0.3 is 43.0 Å². The number of carbonyl (C=O) groups excluding carboxylic acids is 5. The second-order valence-electron chi connectivity index (χ2n) is 15.5. The monoisotopic (exact) mass is 859 g/mol. The van der Waals surface area contributed by atoms with E-state index in [0.717, 1.165) is 41.7 Å². The molecule has 0 aromatic heterocycles. The zero-order valence-corrected chi connectivity index (χ0v) is 36.0. The molecule has 0 spiro atoms. The van der Waals surface area contributed by atoms with Crippen molar-refractivity contribution in [3.8, 4) is 0 Å². The number of ketones is 2. The Morgan fingerprint density at radius 3 is 2.06 bits per heavy atom. The van der Waals surface area contributed by atoms with Crippen molar-refractivity contribution in [1.29, 1.82) is 0 Å². The standard InChI is InChI=1S/C47H57NO14/c1-29(2)36-28-60-47(54)48(36)45(53)43(55-5)40(61-31(4)50)38(52)24-35(34-20-13-15-30(3)23-34)37(51)21-14-22-57-44-42(59-27-33-18-11-8-12-19-33)41(39(25-49)62-46(44)56-6)58-26-32-16-9-7-10-17-32/h7-13,15-20,23-24,29,36,39-44,46,49H,14,21-22,25-28H2,1-6H3. The maximum atomic E-state index is 14.2. The van der Waals surface area contributed by atoms with E-state index in [9.17, 15) is 29.1 Å². The third kappa shape index (κ3) is 12.5. The largest absolute Gasteiger partial charge is 0.451 e. The minimum atomic E-state index is -1.84. The molecule has 0 bridgehead atoms. The summed E-state index contributed by atoms with van der Waals surface area (Å²) in [5.41, 5.74) is 3.03. The van der Waals surface area contributed by atoms with Gasteiger partial charge in [-0.2, -0.15) is 0 Å². The molecule has 15 nitrogen and oxygen atoms in total. The lowest BCUT2D eigenvalue weighted by Gasteiger charge is -2.45. The van der Waals surface area contributed by atoms with E-state index in [1.165, 1.54) is 7.11 Å². The molecule has 1 N–H and O–H groups in total. The second kappa shape index (κ2) is 23.4. The van der Waals surface area contributed by atoms with E-state index in [-0.39, 0.29) is 57.4 Å². The first-order valence-corrected chi connectivity index (χ1v) is 20.6. The number of benzene rings is 3. The van der Waals surface area contributed by atoms with Crippen LogP contribution in [-0.4, -0.2) is 123 Å². The summed E-state index contributed by atoms with van der Waals surface area (Å²) in [6, 6.07) is 25.4. The van der Waals surface area contributed by atoms with Crippen molar-refractivity contribution >= 4 is 35.1 Å². The van der Waals surface area contributed by atoms with Crippen LogP contribution in [0.4, 0.5) is 4.79 Å². The Balaban J connectivity index is 1.36. The predicted molar refractivity (Wildman–Crippen MR) is 224 cm³/mol. The molecular weight excluding hydrogens is 803 g/mol.